The number of nitrogens with two attached hydrogens (primary N) is 1. The molecule has 1 aromatic rings. The molecule has 0 fully saturated rings. The van der Waals surface area contributed by atoms with Crippen molar-refractivity contribution in [2.75, 3.05) is 26.2 Å². The maximum atomic E-state index is 12.7. The van der Waals surface area contributed by atoms with Gasteiger partial charge in [-0.15, -0.1) is 0 Å². The van der Waals surface area contributed by atoms with E-state index >= 15 is 0 Å². The van der Waals surface area contributed by atoms with Crippen molar-refractivity contribution in [3.63, 3.8) is 0 Å². The van der Waals surface area contributed by atoms with Gasteiger partial charge in [0.25, 0.3) is 5.91 Å². The summed E-state index contributed by atoms with van der Waals surface area (Å²) in [7, 11) is 0. The summed E-state index contributed by atoms with van der Waals surface area (Å²) in [6.45, 7) is 3.79. The Hall–Kier alpha value is -1.39. The van der Waals surface area contributed by atoms with Crippen molar-refractivity contribution in [1.29, 1.82) is 0 Å². The lowest BCUT2D eigenvalue weighted by atomic mass is 10.0. The average molecular weight is 292 g/mol. The van der Waals surface area contributed by atoms with Gasteiger partial charge in [-0.1, -0.05) is 44.4 Å². The SMILES string of the molecule is CCCCCCN(CCO)C(=O)c1ccccc1CCN. The molecule has 0 bridgehead atoms. The highest BCUT2D eigenvalue weighted by molar-refractivity contribution is 5.95. The second-order valence-electron chi connectivity index (χ2n) is 5.27. The number of nitrogens with zero attached hydrogens (tertiary/aromatic N) is 1. The zero-order chi connectivity index (χ0) is 15.5. The minimum Gasteiger partial charge on any atom is -0.395 e. The van der Waals surface area contributed by atoms with Crippen molar-refractivity contribution in [2.45, 2.75) is 39.0 Å². The number of aliphatic hydroxyl groups excluding tert-OH is 1. The van der Waals surface area contributed by atoms with Crippen LogP contribution in [0.5, 0.6) is 0 Å². The number of benzene rings is 1. The molecule has 0 saturated heterocycles. The Morgan fingerprint density at radius 3 is 2.62 bits per heavy atom. The third-order valence-corrected chi connectivity index (χ3v) is 3.60. The molecule has 0 radical (unpaired) electrons. The van der Waals surface area contributed by atoms with E-state index in [0.29, 0.717) is 31.6 Å². The first-order valence-corrected chi connectivity index (χ1v) is 7.92. The third-order valence-electron chi connectivity index (χ3n) is 3.60. The average Bonchev–Trinajstić information content (AvgIpc) is 2.50. The molecule has 0 aromatic heterocycles. The van der Waals surface area contributed by atoms with Gasteiger partial charge in [0.1, 0.15) is 0 Å². The van der Waals surface area contributed by atoms with Gasteiger partial charge in [0.2, 0.25) is 0 Å². The van der Waals surface area contributed by atoms with E-state index in [1.165, 1.54) is 12.8 Å². The maximum Gasteiger partial charge on any atom is 0.254 e. The maximum absolute atomic E-state index is 12.7. The molecule has 1 rings (SSSR count). The lowest BCUT2D eigenvalue weighted by Crippen LogP contribution is -2.35. The molecule has 21 heavy (non-hydrogen) atoms. The van der Waals surface area contributed by atoms with Gasteiger partial charge >= 0.3 is 0 Å². The fraction of sp³-hybridized carbons (Fsp3) is 0.588. The van der Waals surface area contributed by atoms with Crippen LogP contribution in [-0.4, -0.2) is 42.2 Å². The normalized spacial score (nSPS) is 10.6. The molecule has 0 aliphatic rings. The molecule has 0 aliphatic carbocycles. The molecule has 0 unspecified atom stereocenters. The van der Waals surface area contributed by atoms with E-state index in [4.69, 9.17) is 5.73 Å². The van der Waals surface area contributed by atoms with E-state index in [-0.39, 0.29) is 12.5 Å². The predicted molar refractivity (Wildman–Crippen MR) is 86.3 cm³/mol. The lowest BCUT2D eigenvalue weighted by Gasteiger charge is -2.23. The summed E-state index contributed by atoms with van der Waals surface area (Å²) in [6.07, 6.45) is 5.16. The topological polar surface area (TPSA) is 66.6 Å². The quantitative estimate of drug-likeness (QED) is 0.650. The molecular formula is C17H28N2O2. The van der Waals surface area contributed by atoms with Crippen molar-refractivity contribution < 1.29 is 9.90 Å². The summed E-state index contributed by atoms with van der Waals surface area (Å²) in [5.41, 5.74) is 7.32. The van der Waals surface area contributed by atoms with Gasteiger partial charge < -0.3 is 15.7 Å². The molecule has 0 spiro atoms. The van der Waals surface area contributed by atoms with Crippen molar-refractivity contribution in [3.05, 3.63) is 35.4 Å². The van der Waals surface area contributed by atoms with E-state index in [0.717, 1.165) is 18.4 Å². The Labute approximate surface area is 128 Å². The van der Waals surface area contributed by atoms with Gasteiger partial charge in [-0.2, -0.15) is 0 Å². The number of unbranched alkanes of at least 4 members (excludes halogenated alkanes) is 3. The zero-order valence-corrected chi connectivity index (χ0v) is 13.1. The van der Waals surface area contributed by atoms with E-state index < -0.39 is 0 Å². The smallest absolute Gasteiger partial charge is 0.254 e. The number of amides is 1. The standard InChI is InChI=1S/C17H28N2O2/c1-2-3-4-7-12-19(13-14-20)17(21)16-9-6-5-8-15(16)10-11-18/h5-6,8-9,20H,2-4,7,10-14,18H2,1H3. The molecule has 118 valence electrons. The summed E-state index contributed by atoms with van der Waals surface area (Å²) in [5, 5.41) is 9.19. The predicted octanol–water partition coefficient (Wildman–Crippen LogP) is 2.20. The second kappa shape index (κ2) is 10.4. The third kappa shape index (κ3) is 5.86. The molecule has 3 N–H and O–H groups in total. The van der Waals surface area contributed by atoms with Crippen LogP contribution in [0, 0.1) is 0 Å². The van der Waals surface area contributed by atoms with E-state index in [1.807, 2.05) is 24.3 Å². The van der Waals surface area contributed by atoms with Crippen LogP contribution in [0.15, 0.2) is 24.3 Å². The number of carbonyl (C=O) groups excluding carboxylic acids is 1. The fourth-order valence-electron chi connectivity index (χ4n) is 2.44. The molecule has 4 nitrogen and oxygen atoms in total. The van der Waals surface area contributed by atoms with Crippen molar-refractivity contribution >= 4 is 5.91 Å². The first kappa shape index (κ1) is 17.7. The fourth-order valence-corrected chi connectivity index (χ4v) is 2.44. The monoisotopic (exact) mass is 292 g/mol. The summed E-state index contributed by atoms with van der Waals surface area (Å²) < 4.78 is 0. The zero-order valence-electron chi connectivity index (χ0n) is 13.1. The Morgan fingerprint density at radius 2 is 1.95 bits per heavy atom. The first-order valence-electron chi connectivity index (χ1n) is 7.92. The summed E-state index contributed by atoms with van der Waals surface area (Å²) in [6, 6.07) is 7.61. The van der Waals surface area contributed by atoms with E-state index in [1.54, 1.807) is 4.90 Å². The minimum atomic E-state index is -0.00142. The molecule has 4 heteroatoms. The second-order valence-corrected chi connectivity index (χ2v) is 5.27. The largest absolute Gasteiger partial charge is 0.395 e. The highest BCUT2D eigenvalue weighted by Gasteiger charge is 2.17. The Morgan fingerprint density at radius 1 is 1.19 bits per heavy atom. The Balaban J connectivity index is 2.75. The molecule has 0 aliphatic heterocycles. The first-order chi connectivity index (χ1) is 10.2. The highest BCUT2D eigenvalue weighted by Crippen LogP contribution is 2.13. The van der Waals surface area contributed by atoms with Gasteiger partial charge in [0.15, 0.2) is 0 Å². The number of hydrogen-bond acceptors (Lipinski definition) is 3. The van der Waals surface area contributed by atoms with Crippen LogP contribution in [0.3, 0.4) is 0 Å². The van der Waals surface area contributed by atoms with Gasteiger partial charge in [0, 0.05) is 18.7 Å². The van der Waals surface area contributed by atoms with Crippen LogP contribution < -0.4 is 5.73 Å². The molecular weight excluding hydrogens is 264 g/mol. The van der Waals surface area contributed by atoms with Crippen LogP contribution in [0.25, 0.3) is 0 Å². The Kier molecular flexibility index (Phi) is 8.71. The van der Waals surface area contributed by atoms with E-state index in [2.05, 4.69) is 6.92 Å². The van der Waals surface area contributed by atoms with Crippen LogP contribution in [0.2, 0.25) is 0 Å². The number of hydrogen-bond donors (Lipinski definition) is 2. The number of carbonyl (C=O) groups is 1. The molecule has 0 saturated carbocycles. The van der Waals surface area contributed by atoms with Crippen LogP contribution in [0.4, 0.5) is 0 Å². The lowest BCUT2D eigenvalue weighted by molar-refractivity contribution is 0.0717. The molecule has 0 atom stereocenters. The summed E-state index contributed by atoms with van der Waals surface area (Å²) >= 11 is 0. The van der Waals surface area contributed by atoms with Crippen LogP contribution in [-0.2, 0) is 6.42 Å². The van der Waals surface area contributed by atoms with E-state index in [9.17, 15) is 9.90 Å². The number of aliphatic hydroxyl groups is 1. The van der Waals surface area contributed by atoms with Gasteiger partial charge in [-0.25, -0.2) is 0 Å². The molecule has 0 heterocycles. The highest BCUT2D eigenvalue weighted by atomic mass is 16.3. The minimum absolute atomic E-state index is 0.00142. The number of rotatable bonds is 10. The summed E-state index contributed by atoms with van der Waals surface area (Å²) in [5.74, 6) is 0.00426. The van der Waals surface area contributed by atoms with Gasteiger partial charge in [0.05, 0.1) is 6.61 Å². The molecule has 1 amide bonds. The van der Waals surface area contributed by atoms with Crippen LogP contribution in [0.1, 0.15) is 48.5 Å². The van der Waals surface area contributed by atoms with Crippen LogP contribution >= 0.6 is 0 Å². The van der Waals surface area contributed by atoms with Crippen molar-refractivity contribution in [3.8, 4) is 0 Å². The van der Waals surface area contributed by atoms with Gasteiger partial charge in [-0.3, -0.25) is 4.79 Å². The van der Waals surface area contributed by atoms with Crippen molar-refractivity contribution in [1.82, 2.24) is 4.90 Å². The van der Waals surface area contributed by atoms with Gasteiger partial charge in [-0.05, 0) is 31.0 Å². The molecule has 1 aromatic carbocycles. The summed E-state index contributed by atoms with van der Waals surface area (Å²) in [4.78, 5) is 14.4. The Bertz CT molecular complexity index is 421. The van der Waals surface area contributed by atoms with Crippen molar-refractivity contribution in [2.24, 2.45) is 5.73 Å².